The SMILES string of the molecule is [CH2]CC(C=C)OC(=O)C=CC. The smallest absolute Gasteiger partial charge is 0.330 e. The fourth-order valence-electron chi connectivity index (χ4n) is 0.549. The third-order valence-electron chi connectivity index (χ3n) is 1.12. The number of esters is 1. The summed E-state index contributed by atoms with van der Waals surface area (Å²) in [5, 5.41) is 0. The Morgan fingerprint density at radius 1 is 1.73 bits per heavy atom. The fourth-order valence-corrected chi connectivity index (χ4v) is 0.549. The Morgan fingerprint density at radius 3 is 2.73 bits per heavy atom. The molecule has 0 aromatic rings. The van der Waals surface area contributed by atoms with Gasteiger partial charge in [-0.15, -0.1) is 0 Å². The molecule has 0 heterocycles. The van der Waals surface area contributed by atoms with Crippen LogP contribution in [0.3, 0.4) is 0 Å². The molecule has 2 nitrogen and oxygen atoms in total. The van der Waals surface area contributed by atoms with E-state index in [9.17, 15) is 4.79 Å². The van der Waals surface area contributed by atoms with Crippen LogP contribution in [0.2, 0.25) is 0 Å². The van der Waals surface area contributed by atoms with E-state index in [1.54, 1.807) is 19.1 Å². The average molecular weight is 153 g/mol. The van der Waals surface area contributed by atoms with E-state index < -0.39 is 0 Å². The highest BCUT2D eigenvalue weighted by Crippen LogP contribution is 1.98. The molecule has 11 heavy (non-hydrogen) atoms. The third-order valence-corrected chi connectivity index (χ3v) is 1.12. The summed E-state index contributed by atoms with van der Waals surface area (Å²) < 4.78 is 4.88. The molecular weight excluding hydrogens is 140 g/mol. The van der Waals surface area contributed by atoms with Gasteiger partial charge >= 0.3 is 5.97 Å². The molecule has 1 radical (unpaired) electrons. The van der Waals surface area contributed by atoms with E-state index in [-0.39, 0.29) is 12.1 Å². The van der Waals surface area contributed by atoms with Crippen LogP contribution in [0.25, 0.3) is 0 Å². The summed E-state index contributed by atoms with van der Waals surface area (Å²) in [5.74, 6) is -0.346. The van der Waals surface area contributed by atoms with Crippen LogP contribution in [0.4, 0.5) is 0 Å². The van der Waals surface area contributed by atoms with E-state index in [0.717, 1.165) is 0 Å². The van der Waals surface area contributed by atoms with E-state index in [1.807, 2.05) is 0 Å². The second-order valence-corrected chi connectivity index (χ2v) is 2.00. The Morgan fingerprint density at radius 2 is 2.36 bits per heavy atom. The van der Waals surface area contributed by atoms with Crippen LogP contribution < -0.4 is 0 Å². The topological polar surface area (TPSA) is 26.3 Å². The maximum Gasteiger partial charge on any atom is 0.330 e. The Bertz CT molecular complexity index is 159. The summed E-state index contributed by atoms with van der Waals surface area (Å²) in [6, 6.07) is 0. The lowest BCUT2D eigenvalue weighted by atomic mass is 10.3. The maximum absolute atomic E-state index is 10.8. The molecule has 0 fully saturated rings. The molecule has 1 atom stereocenters. The highest BCUT2D eigenvalue weighted by molar-refractivity contribution is 5.82. The van der Waals surface area contributed by atoms with Crippen molar-refractivity contribution in [3.05, 3.63) is 31.7 Å². The lowest BCUT2D eigenvalue weighted by Crippen LogP contribution is -2.12. The van der Waals surface area contributed by atoms with Crippen LogP contribution in [0, 0.1) is 6.92 Å². The average Bonchev–Trinajstić information content (AvgIpc) is 2.01. The predicted octanol–water partition coefficient (Wildman–Crippen LogP) is 1.88. The van der Waals surface area contributed by atoms with E-state index in [0.29, 0.717) is 6.42 Å². The summed E-state index contributed by atoms with van der Waals surface area (Å²) in [6.45, 7) is 8.86. The molecule has 0 aromatic heterocycles. The quantitative estimate of drug-likeness (QED) is 0.350. The molecule has 61 valence electrons. The minimum Gasteiger partial charge on any atom is -0.455 e. The number of rotatable bonds is 4. The summed E-state index contributed by atoms with van der Waals surface area (Å²) in [7, 11) is 0. The van der Waals surface area contributed by atoms with Gasteiger partial charge in [0.05, 0.1) is 0 Å². The van der Waals surface area contributed by atoms with Gasteiger partial charge in [-0.3, -0.25) is 0 Å². The largest absolute Gasteiger partial charge is 0.455 e. The molecule has 0 aliphatic heterocycles. The Hall–Kier alpha value is -1.05. The van der Waals surface area contributed by atoms with Crippen molar-refractivity contribution in [1.82, 2.24) is 0 Å². The fraction of sp³-hybridized carbons (Fsp3) is 0.333. The van der Waals surface area contributed by atoms with Gasteiger partial charge in [0.2, 0.25) is 0 Å². The van der Waals surface area contributed by atoms with Crippen molar-refractivity contribution in [3.63, 3.8) is 0 Å². The van der Waals surface area contributed by atoms with E-state index in [4.69, 9.17) is 4.74 Å². The molecular formula is C9H13O2. The van der Waals surface area contributed by atoms with Gasteiger partial charge in [-0.25, -0.2) is 4.79 Å². The van der Waals surface area contributed by atoms with Gasteiger partial charge in [-0.05, 0) is 20.3 Å². The van der Waals surface area contributed by atoms with Crippen molar-refractivity contribution in [2.75, 3.05) is 0 Å². The maximum atomic E-state index is 10.8. The molecule has 0 aromatic carbocycles. The number of carbonyl (C=O) groups excluding carboxylic acids is 1. The van der Waals surface area contributed by atoms with Crippen LogP contribution in [-0.4, -0.2) is 12.1 Å². The molecule has 0 spiro atoms. The lowest BCUT2D eigenvalue weighted by Gasteiger charge is -2.08. The van der Waals surface area contributed by atoms with Crippen LogP contribution >= 0.6 is 0 Å². The van der Waals surface area contributed by atoms with Crippen molar-refractivity contribution in [2.45, 2.75) is 19.4 Å². The zero-order valence-electron chi connectivity index (χ0n) is 6.75. The molecule has 0 saturated heterocycles. The number of hydrogen-bond donors (Lipinski definition) is 0. The summed E-state index contributed by atoms with van der Waals surface area (Å²) in [5.41, 5.74) is 0. The lowest BCUT2D eigenvalue weighted by molar-refractivity contribution is -0.140. The van der Waals surface area contributed by atoms with Gasteiger partial charge in [0.25, 0.3) is 0 Å². The van der Waals surface area contributed by atoms with Gasteiger partial charge in [0.1, 0.15) is 6.10 Å². The van der Waals surface area contributed by atoms with E-state index in [2.05, 4.69) is 13.5 Å². The molecule has 0 N–H and O–H groups in total. The standard InChI is InChI=1S/C9H13O2/c1-4-7-9(10)11-8(5-2)6-3/h4-5,7-8H,2-3,6H2,1H3. The Kier molecular flexibility index (Phi) is 5.17. The van der Waals surface area contributed by atoms with Crippen LogP contribution in [0.15, 0.2) is 24.8 Å². The second kappa shape index (κ2) is 5.71. The number of carbonyl (C=O) groups is 1. The van der Waals surface area contributed by atoms with Gasteiger partial charge in [-0.2, -0.15) is 0 Å². The number of ether oxygens (including phenoxy) is 1. The zero-order valence-corrected chi connectivity index (χ0v) is 6.75. The second-order valence-electron chi connectivity index (χ2n) is 2.00. The van der Waals surface area contributed by atoms with Crippen LogP contribution in [-0.2, 0) is 9.53 Å². The first-order valence-corrected chi connectivity index (χ1v) is 3.49. The van der Waals surface area contributed by atoms with Gasteiger partial charge in [0, 0.05) is 6.08 Å². The first kappa shape index (κ1) is 9.95. The number of hydrogen-bond acceptors (Lipinski definition) is 2. The first-order valence-electron chi connectivity index (χ1n) is 3.49. The van der Waals surface area contributed by atoms with E-state index in [1.165, 1.54) is 6.08 Å². The molecule has 0 bridgehead atoms. The predicted molar refractivity (Wildman–Crippen MR) is 44.9 cm³/mol. The van der Waals surface area contributed by atoms with Gasteiger partial charge in [0.15, 0.2) is 0 Å². The highest BCUT2D eigenvalue weighted by Gasteiger charge is 2.04. The normalized spacial score (nSPS) is 12.9. The minimum atomic E-state index is -0.346. The van der Waals surface area contributed by atoms with Gasteiger partial charge in [-0.1, -0.05) is 18.7 Å². The monoisotopic (exact) mass is 153 g/mol. The molecule has 0 amide bonds. The Labute approximate surface area is 67.6 Å². The minimum absolute atomic E-state index is 0.265. The molecule has 0 rings (SSSR count). The van der Waals surface area contributed by atoms with Gasteiger partial charge < -0.3 is 4.74 Å². The van der Waals surface area contributed by atoms with Crippen molar-refractivity contribution in [1.29, 1.82) is 0 Å². The van der Waals surface area contributed by atoms with Crippen molar-refractivity contribution in [3.8, 4) is 0 Å². The summed E-state index contributed by atoms with van der Waals surface area (Å²) >= 11 is 0. The van der Waals surface area contributed by atoms with Crippen molar-refractivity contribution in [2.24, 2.45) is 0 Å². The summed E-state index contributed by atoms with van der Waals surface area (Å²) in [6.07, 6.45) is 4.82. The zero-order chi connectivity index (χ0) is 8.69. The van der Waals surface area contributed by atoms with Crippen LogP contribution in [0.1, 0.15) is 13.3 Å². The van der Waals surface area contributed by atoms with Crippen molar-refractivity contribution >= 4 is 5.97 Å². The van der Waals surface area contributed by atoms with Crippen LogP contribution in [0.5, 0.6) is 0 Å². The number of allylic oxidation sites excluding steroid dienone is 1. The first-order chi connectivity index (χ1) is 5.24. The molecule has 0 aliphatic carbocycles. The molecule has 1 unspecified atom stereocenters. The summed E-state index contributed by atoms with van der Waals surface area (Å²) in [4.78, 5) is 10.8. The van der Waals surface area contributed by atoms with E-state index >= 15 is 0 Å². The van der Waals surface area contributed by atoms with Crippen molar-refractivity contribution < 1.29 is 9.53 Å². The Balaban J connectivity index is 3.81. The molecule has 2 heteroatoms. The molecule has 0 aliphatic rings. The molecule has 0 saturated carbocycles. The third kappa shape index (κ3) is 4.37. The highest BCUT2D eigenvalue weighted by atomic mass is 16.5.